The van der Waals surface area contributed by atoms with Crippen molar-refractivity contribution in [3.05, 3.63) is 64.9 Å². The van der Waals surface area contributed by atoms with Crippen LogP contribution in [0, 0.1) is 11.6 Å². The summed E-state index contributed by atoms with van der Waals surface area (Å²) in [5.74, 6) is -5.10. The lowest BCUT2D eigenvalue weighted by Crippen LogP contribution is -2.54. The molecule has 2 aliphatic rings. The Bertz CT molecular complexity index is 1240. The van der Waals surface area contributed by atoms with E-state index in [1.165, 1.54) is 17.0 Å². The van der Waals surface area contributed by atoms with Crippen molar-refractivity contribution in [1.29, 1.82) is 0 Å². The lowest BCUT2D eigenvalue weighted by molar-refractivity contribution is -0.0866. The Labute approximate surface area is 212 Å². The van der Waals surface area contributed by atoms with E-state index in [9.17, 15) is 18.3 Å². The highest BCUT2D eigenvalue weighted by atomic mass is 19.3. The van der Waals surface area contributed by atoms with Crippen LogP contribution in [0.15, 0.2) is 36.4 Å². The molecule has 3 aromatic rings. The van der Waals surface area contributed by atoms with Crippen LogP contribution in [0.4, 0.5) is 27.6 Å². The number of benzene rings is 2. The second kappa shape index (κ2) is 10.2. The number of para-hydroxylation sites is 1. The van der Waals surface area contributed by atoms with E-state index in [1.807, 2.05) is 18.2 Å². The van der Waals surface area contributed by atoms with Gasteiger partial charge in [0.2, 0.25) is 0 Å². The van der Waals surface area contributed by atoms with Gasteiger partial charge in [-0.15, -0.1) is 0 Å². The molecule has 0 bridgehead atoms. The minimum Gasteiger partial charge on any atom is -0.390 e. The molecule has 5 rings (SSSR count). The third-order valence-electron chi connectivity index (χ3n) is 7.43. The standard InChI is InChI=1S/C27H31F5N4O/c1-16-9-23-24(19-5-2-3-6-22(19)34-23)26(36(16)14-27(31,32)15-37)25-20(29)10-17(11-21(25)30)33-18-12-35(13-18)8-4-7-28/h2-3,5-6,10-11,16,18,26,33-34,37H,4,7-9,12-15H2,1H3/t16-,26+/m1/s1. The van der Waals surface area contributed by atoms with Gasteiger partial charge in [0.15, 0.2) is 0 Å². The number of alkyl halides is 3. The van der Waals surface area contributed by atoms with E-state index in [4.69, 9.17) is 0 Å². The summed E-state index contributed by atoms with van der Waals surface area (Å²) >= 11 is 0. The number of nitrogens with one attached hydrogen (secondary N) is 2. The number of H-pyrrole nitrogens is 1. The highest BCUT2D eigenvalue weighted by molar-refractivity contribution is 5.86. The van der Waals surface area contributed by atoms with Crippen LogP contribution in [0.1, 0.15) is 36.2 Å². The third-order valence-corrected chi connectivity index (χ3v) is 7.43. The van der Waals surface area contributed by atoms with Gasteiger partial charge in [0, 0.05) is 65.5 Å². The number of aromatic amines is 1. The first-order valence-electron chi connectivity index (χ1n) is 12.6. The number of nitrogens with zero attached hydrogens (tertiary/aromatic N) is 2. The number of rotatable bonds is 9. The zero-order valence-corrected chi connectivity index (χ0v) is 20.6. The summed E-state index contributed by atoms with van der Waals surface area (Å²) in [5.41, 5.74) is 2.07. The first-order valence-corrected chi connectivity index (χ1v) is 12.6. The molecule has 5 nitrogen and oxygen atoms in total. The molecule has 2 aromatic carbocycles. The smallest absolute Gasteiger partial charge is 0.283 e. The minimum absolute atomic E-state index is 0.0149. The average Bonchev–Trinajstić information content (AvgIpc) is 3.19. The molecule has 200 valence electrons. The van der Waals surface area contributed by atoms with Crippen molar-refractivity contribution in [2.75, 3.05) is 44.8 Å². The summed E-state index contributed by atoms with van der Waals surface area (Å²) in [6, 6.07) is 8.11. The number of likely N-dealkylation sites (tertiary alicyclic amines) is 1. The fourth-order valence-corrected chi connectivity index (χ4v) is 5.69. The largest absolute Gasteiger partial charge is 0.390 e. The SMILES string of the molecule is C[C@@H]1Cc2[nH]c3ccccc3c2[C@@H](c2c(F)cc(NC3CN(CCCF)C3)cc2F)N1CC(F)(F)CO. The summed E-state index contributed by atoms with van der Waals surface area (Å²) in [6.07, 6.45) is 0.845. The molecule has 37 heavy (non-hydrogen) atoms. The fourth-order valence-electron chi connectivity index (χ4n) is 5.69. The Morgan fingerprint density at radius 2 is 1.81 bits per heavy atom. The Balaban J connectivity index is 1.51. The number of halogens is 5. The van der Waals surface area contributed by atoms with E-state index in [0.717, 1.165) is 16.6 Å². The molecular formula is C27H31F5N4O. The van der Waals surface area contributed by atoms with Crippen molar-refractivity contribution in [2.24, 2.45) is 0 Å². The maximum Gasteiger partial charge on any atom is 0.283 e. The van der Waals surface area contributed by atoms with Gasteiger partial charge in [0.05, 0.1) is 25.3 Å². The number of fused-ring (bicyclic) bond motifs is 3. The number of aromatic nitrogens is 1. The Hall–Kier alpha value is -2.69. The molecule has 0 aliphatic carbocycles. The summed E-state index contributed by atoms with van der Waals surface area (Å²) in [7, 11) is 0. The van der Waals surface area contributed by atoms with Crippen LogP contribution in [-0.2, 0) is 6.42 Å². The Morgan fingerprint density at radius 3 is 2.49 bits per heavy atom. The molecule has 3 heterocycles. The van der Waals surface area contributed by atoms with Crippen LogP contribution in [-0.4, -0.2) is 77.4 Å². The fraction of sp³-hybridized carbons (Fsp3) is 0.481. The number of aliphatic hydroxyl groups is 1. The van der Waals surface area contributed by atoms with Gasteiger partial charge in [-0.2, -0.15) is 0 Å². The van der Waals surface area contributed by atoms with Gasteiger partial charge in [-0.1, -0.05) is 18.2 Å². The molecule has 10 heteroatoms. The molecule has 0 spiro atoms. The number of hydrogen-bond acceptors (Lipinski definition) is 4. The molecule has 0 unspecified atom stereocenters. The molecule has 0 amide bonds. The second-order valence-electron chi connectivity index (χ2n) is 10.2. The van der Waals surface area contributed by atoms with Crippen molar-refractivity contribution < 1.29 is 27.1 Å². The van der Waals surface area contributed by atoms with Crippen LogP contribution < -0.4 is 5.32 Å². The lowest BCUT2D eigenvalue weighted by atomic mass is 9.86. The Kier molecular flexibility index (Phi) is 7.17. The van der Waals surface area contributed by atoms with Crippen LogP contribution in [0.5, 0.6) is 0 Å². The normalized spacial score (nSPS) is 21.3. The zero-order chi connectivity index (χ0) is 26.3. The van der Waals surface area contributed by atoms with E-state index in [0.29, 0.717) is 38.0 Å². The molecule has 0 saturated carbocycles. The van der Waals surface area contributed by atoms with Gasteiger partial charge in [-0.25, -0.2) is 17.6 Å². The molecule has 2 atom stereocenters. The van der Waals surface area contributed by atoms with Gasteiger partial charge in [-0.05, 0) is 31.5 Å². The van der Waals surface area contributed by atoms with Crippen molar-refractivity contribution in [3.63, 3.8) is 0 Å². The van der Waals surface area contributed by atoms with Crippen LogP contribution in [0.2, 0.25) is 0 Å². The molecule has 1 aromatic heterocycles. The van der Waals surface area contributed by atoms with E-state index in [2.05, 4.69) is 15.2 Å². The van der Waals surface area contributed by atoms with Crippen LogP contribution in [0.3, 0.4) is 0 Å². The van der Waals surface area contributed by atoms with Crippen molar-refractivity contribution >= 4 is 16.6 Å². The first-order chi connectivity index (χ1) is 17.7. The summed E-state index contributed by atoms with van der Waals surface area (Å²) in [6.45, 7) is 1.09. The van der Waals surface area contributed by atoms with Crippen molar-refractivity contribution in [3.8, 4) is 0 Å². The molecular weight excluding hydrogens is 491 g/mol. The van der Waals surface area contributed by atoms with E-state index in [-0.39, 0.29) is 24.0 Å². The number of anilines is 1. The monoisotopic (exact) mass is 522 g/mol. The first kappa shape index (κ1) is 25.9. The number of aliphatic hydroxyl groups excluding tert-OH is 1. The van der Waals surface area contributed by atoms with Crippen LogP contribution >= 0.6 is 0 Å². The predicted octanol–water partition coefficient (Wildman–Crippen LogP) is 4.87. The summed E-state index contributed by atoms with van der Waals surface area (Å²) < 4.78 is 72.7. The second-order valence-corrected chi connectivity index (χ2v) is 10.2. The Morgan fingerprint density at radius 1 is 1.11 bits per heavy atom. The minimum atomic E-state index is -3.44. The maximum absolute atomic E-state index is 15.7. The number of hydrogen-bond donors (Lipinski definition) is 3. The maximum atomic E-state index is 15.7. The molecule has 3 N–H and O–H groups in total. The molecule has 1 fully saturated rings. The third kappa shape index (κ3) is 5.06. The topological polar surface area (TPSA) is 54.5 Å². The highest BCUT2D eigenvalue weighted by Crippen LogP contribution is 2.44. The lowest BCUT2D eigenvalue weighted by Gasteiger charge is -2.42. The van der Waals surface area contributed by atoms with Gasteiger partial charge in [-0.3, -0.25) is 14.2 Å². The van der Waals surface area contributed by atoms with E-state index in [1.54, 1.807) is 13.0 Å². The highest BCUT2D eigenvalue weighted by Gasteiger charge is 2.43. The summed E-state index contributed by atoms with van der Waals surface area (Å²) in [4.78, 5) is 6.75. The molecule has 1 saturated heterocycles. The van der Waals surface area contributed by atoms with E-state index < -0.39 is 42.8 Å². The average molecular weight is 523 g/mol. The quantitative estimate of drug-likeness (QED) is 0.351. The van der Waals surface area contributed by atoms with Gasteiger partial charge in [0.25, 0.3) is 5.92 Å². The van der Waals surface area contributed by atoms with Gasteiger partial charge in [0.1, 0.15) is 18.2 Å². The molecule has 0 radical (unpaired) electrons. The molecule has 2 aliphatic heterocycles. The van der Waals surface area contributed by atoms with Gasteiger partial charge < -0.3 is 15.4 Å². The van der Waals surface area contributed by atoms with Crippen LogP contribution in [0.25, 0.3) is 10.9 Å². The van der Waals surface area contributed by atoms with Crippen molar-refractivity contribution in [2.45, 2.75) is 43.8 Å². The van der Waals surface area contributed by atoms with Gasteiger partial charge >= 0.3 is 0 Å². The van der Waals surface area contributed by atoms with Crippen molar-refractivity contribution in [1.82, 2.24) is 14.8 Å². The van der Waals surface area contributed by atoms with E-state index >= 15 is 8.78 Å². The predicted molar refractivity (Wildman–Crippen MR) is 133 cm³/mol. The summed E-state index contributed by atoms with van der Waals surface area (Å²) in [5, 5.41) is 13.1. The zero-order valence-electron chi connectivity index (χ0n) is 20.6.